The monoisotopic (exact) mass is 656 g/mol. The van der Waals surface area contributed by atoms with Crippen LogP contribution in [0, 0.1) is 0 Å². The number of nitrogen functional groups attached to an aromatic ring is 1. The van der Waals surface area contributed by atoms with Crippen LogP contribution >= 0.6 is 35.4 Å². The van der Waals surface area contributed by atoms with E-state index in [1.807, 2.05) is 6.07 Å². The van der Waals surface area contributed by atoms with Crippen LogP contribution in [-0.2, 0) is 25.2 Å². The first-order valence-corrected chi connectivity index (χ1v) is 15.3. The highest BCUT2D eigenvalue weighted by Crippen LogP contribution is 2.49. The molecule has 6 atom stereocenters. The van der Waals surface area contributed by atoms with Crippen LogP contribution in [0.15, 0.2) is 76.1 Å². The number of nitrogens with two attached hydrogens (primary N) is 1. The van der Waals surface area contributed by atoms with Crippen molar-refractivity contribution < 1.29 is 32.6 Å². The van der Waals surface area contributed by atoms with Crippen LogP contribution in [0.5, 0.6) is 5.75 Å². The summed E-state index contributed by atoms with van der Waals surface area (Å²) < 4.78 is 47.2. The van der Waals surface area contributed by atoms with Gasteiger partial charge in [0, 0.05) is 10.7 Å². The lowest BCUT2D eigenvalue weighted by atomic mass is 10.1. The third-order valence-electron chi connectivity index (χ3n) is 5.80. The molecular weight excluding hydrogens is 630 g/mol. The smallest absolute Gasteiger partial charge is 0.459 e. The molecule has 2 aromatic carbocycles. The zero-order valence-electron chi connectivity index (χ0n) is 21.1. The van der Waals surface area contributed by atoms with E-state index in [9.17, 15) is 19.3 Å². The summed E-state index contributed by atoms with van der Waals surface area (Å²) in [5.41, 5.74) is 5.50. The average Bonchev–Trinajstić information content (AvgIpc) is 3.21. The highest BCUT2D eigenvalue weighted by molar-refractivity contribution is 9.10. The van der Waals surface area contributed by atoms with E-state index in [0.717, 1.165) is 26.4 Å². The zero-order chi connectivity index (χ0) is 28.9. The Balaban J connectivity index is 1.46. The number of carbonyl (C=O) groups is 1. The first-order valence-electron chi connectivity index (χ1n) is 12.0. The van der Waals surface area contributed by atoms with Crippen molar-refractivity contribution in [3.8, 4) is 5.75 Å². The van der Waals surface area contributed by atoms with Crippen LogP contribution in [0.1, 0.15) is 17.9 Å². The Hall–Kier alpha value is -2.74. The van der Waals surface area contributed by atoms with Crippen molar-refractivity contribution in [2.45, 2.75) is 42.5 Å². The van der Waals surface area contributed by atoms with Gasteiger partial charge in [-0.25, -0.2) is 13.8 Å². The summed E-state index contributed by atoms with van der Waals surface area (Å²) in [7, 11) is -4.28. The van der Waals surface area contributed by atoms with Crippen LogP contribution < -0.4 is 21.0 Å². The number of aliphatic hydroxyl groups is 1. The van der Waals surface area contributed by atoms with Crippen molar-refractivity contribution in [3.05, 3.63) is 87.4 Å². The summed E-state index contributed by atoms with van der Waals surface area (Å²) >= 11 is 4.22. The molecule has 2 heterocycles. The molecule has 3 aromatic rings. The van der Waals surface area contributed by atoms with Crippen molar-refractivity contribution in [2.75, 3.05) is 12.3 Å². The molecule has 15 heteroatoms. The molecule has 0 radical (unpaired) electrons. The van der Waals surface area contributed by atoms with Crippen LogP contribution in [0.25, 0.3) is 0 Å². The molecule has 4 rings (SSSR count). The largest absolute Gasteiger partial charge is 0.460 e. The standard InChI is InChI=1S/C25H27BrFN4O7PS/c1-15(24(33)36-13-16-5-3-2-4-6-16)30-39(35,38-18-9-7-17(26)8-10-18)37-14-19-22(32)21(27)23(40-19)31-12-11-20(28)29-25(31)34/h2-12,15,19,21-23,32H,13-14H2,1H3,(H,30,35)(H2,28,29,34)/t15-,19+,21-,22+,23+,39?/m0/s1. The number of anilines is 1. The van der Waals surface area contributed by atoms with Crippen molar-refractivity contribution in [3.63, 3.8) is 0 Å². The summed E-state index contributed by atoms with van der Waals surface area (Å²) in [5, 5.41) is 11.0. The topological polar surface area (TPSA) is 155 Å². The van der Waals surface area contributed by atoms with Gasteiger partial charge in [-0.1, -0.05) is 46.3 Å². The lowest BCUT2D eigenvalue weighted by Crippen LogP contribution is -2.36. The molecule has 1 aliphatic heterocycles. The number of aliphatic hydroxyl groups excluding tert-OH is 1. The Morgan fingerprint density at radius 2 is 1.95 bits per heavy atom. The van der Waals surface area contributed by atoms with E-state index in [-0.39, 0.29) is 18.2 Å². The van der Waals surface area contributed by atoms with E-state index in [0.29, 0.717) is 0 Å². The van der Waals surface area contributed by atoms with Gasteiger partial charge in [0.25, 0.3) is 0 Å². The van der Waals surface area contributed by atoms with Crippen LogP contribution in [0.3, 0.4) is 0 Å². The maximum Gasteiger partial charge on any atom is 0.459 e. The molecule has 0 spiro atoms. The van der Waals surface area contributed by atoms with Gasteiger partial charge < -0.3 is 20.1 Å². The third kappa shape index (κ3) is 7.71. The van der Waals surface area contributed by atoms with Gasteiger partial charge in [0.1, 0.15) is 35.7 Å². The van der Waals surface area contributed by atoms with Crippen molar-refractivity contribution >= 4 is 47.2 Å². The maximum atomic E-state index is 15.0. The highest BCUT2D eigenvalue weighted by atomic mass is 79.9. The third-order valence-corrected chi connectivity index (χ3v) is 9.50. The van der Waals surface area contributed by atoms with Gasteiger partial charge in [-0.3, -0.25) is 13.9 Å². The minimum atomic E-state index is -4.28. The van der Waals surface area contributed by atoms with Gasteiger partial charge >= 0.3 is 19.4 Å². The molecule has 1 aromatic heterocycles. The molecule has 11 nitrogen and oxygen atoms in total. The predicted octanol–water partition coefficient (Wildman–Crippen LogP) is 3.83. The molecule has 0 saturated carbocycles. The van der Waals surface area contributed by atoms with Gasteiger partial charge in [0.05, 0.1) is 11.9 Å². The molecule has 1 saturated heterocycles. The van der Waals surface area contributed by atoms with E-state index in [1.165, 1.54) is 31.3 Å². The molecule has 0 aliphatic carbocycles. The maximum absolute atomic E-state index is 15.0. The molecule has 40 heavy (non-hydrogen) atoms. The Labute approximate surface area is 241 Å². The summed E-state index contributed by atoms with van der Waals surface area (Å²) in [4.78, 5) is 28.4. The quantitative estimate of drug-likeness (QED) is 0.204. The van der Waals surface area contributed by atoms with E-state index in [2.05, 4.69) is 26.0 Å². The molecule has 0 amide bonds. The number of halogens is 2. The van der Waals surface area contributed by atoms with E-state index in [1.54, 1.807) is 36.4 Å². The molecule has 1 fully saturated rings. The van der Waals surface area contributed by atoms with Crippen molar-refractivity contribution in [2.24, 2.45) is 0 Å². The summed E-state index contributed by atoms with van der Waals surface area (Å²) in [6.45, 7) is 1.00. The number of ether oxygens (including phenoxy) is 1. The predicted molar refractivity (Wildman–Crippen MR) is 151 cm³/mol. The summed E-state index contributed by atoms with van der Waals surface area (Å²) in [6, 6.07) is 15.6. The van der Waals surface area contributed by atoms with Gasteiger partial charge in [-0.05, 0) is 42.8 Å². The lowest BCUT2D eigenvalue weighted by molar-refractivity contribution is -0.146. The first kappa shape index (κ1) is 30.2. The SMILES string of the molecule is C[C@H](NP(=O)(OC[C@H]1S[C@@H](n2ccc(N)nc2=O)[C@@H](F)[C@@H]1O)Oc1ccc(Br)cc1)C(=O)OCc1ccccc1. The fourth-order valence-electron chi connectivity index (χ4n) is 3.72. The number of hydrogen-bond donors (Lipinski definition) is 3. The number of hydrogen-bond acceptors (Lipinski definition) is 10. The first-order chi connectivity index (χ1) is 19.0. The number of rotatable bonds is 11. The number of nitrogens with zero attached hydrogens (tertiary/aromatic N) is 2. The van der Waals surface area contributed by atoms with Gasteiger partial charge in [-0.15, -0.1) is 11.8 Å². The lowest BCUT2D eigenvalue weighted by Gasteiger charge is -2.24. The summed E-state index contributed by atoms with van der Waals surface area (Å²) in [6.07, 6.45) is -2.13. The Morgan fingerprint density at radius 3 is 2.62 bits per heavy atom. The Kier molecular flexibility index (Phi) is 10.0. The average molecular weight is 657 g/mol. The second kappa shape index (κ2) is 13.3. The number of aromatic nitrogens is 2. The molecular formula is C25H27BrFN4O7PS. The minimum Gasteiger partial charge on any atom is -0.460 e. The van der Waals surface area contributed by atoms with Crippen molar-refractivity contribution in [1.29, 1.82) is 0 Å². The normalized spacial score (nSPS) is 22.8. The van der Waals surface area contributed by atoms with Crippen LogP contribution in [-0.4, -0.2) is 50.8 Å². The fraction of sp³-hybridized carbons (Fsp3) is 0.320. The number of benzene rings is 2. The van der Waals surface area contributed by atoms with Gasteiger partial charge in [-0.2, -0.15) is 10.1 Å². The van der Waals surface area contributed by atoms with Crippen molar-refractivity contribution in [1.82, 2.24) is 14.6 Å². The number of nitrogens with one attached hydrogen (secondary N) is 1. The van der Waals surface area contributed by atoms with Crippen LogP contribution in [0.2, 0.25) is 0 Å². The molecule has 4 N–H and O–H groups in total. The van der Waals surface area contributed by atoms with Crippen LogP contribution in [0.4, 0.5) is 10.2 Å². The zero-order valence-corrected chi connectivity index (χ0v) is 24.4. The van der Waals surface area contributed by atoms with E-state index >= 15 is 4.39 Å². The van der Waals surface area contributed by atoms with E-state index in [4.69, 9.17) is 19.5 Å². The highest BCUT2D eigenvalue weighted by Gasteiger charge is 2.46. The van der Waals surface area contributed by atoms with Gasteiger partial charge in [0.2, 0.25) is 0 Å². The fourth-order valence-corrected chi connectivity index (χ4v) is 7.02. The second-order valence-corrected chi connectivity index (χ2v) is 12.8. The Morgan fingerprint density at radius 1 is 1.25 bits per heavy atom. The number of carbonyl (C=O) groups excluding carboxylic acids is 1. The molecule has 0 bridgehead atoms. The summed E-state index contributed by atoms with van der Waals surface area (Å²) in [5.74, 6) is -0.556. The number of esters is 1. The molecule has 214 valence electrons. The number of thioether (sulfide) groups is 1. The second-order valence-electron chi connectivity index (χ2n) is 8.82. The number of alkyl halides is 1. The minimum absolute atomic E-state index is 0.00790. The molecule has 1 unspecified atom stereocenters. The van der Waals surface area contributed by atoms with E-state index < -0.39 is 55.0 Å². The Bertz CT molecular complexity index is 1420. The van der Waals surface area contributed by atoms with Gasteiger partial charge in [0.15, 0.2) is 6.17 Å². The molecule has 1 aliphatic rings.